The number of likely N-dealkylation sites (tertiary alicyclic amines) is 1. The number of thioether (sulfide) groups is 1. The third-order valence-corrected chi connectivity index (χ3v) is 4.59. The molecular formula is C13H19N3S. The van der Waals surface area contributed by atoms with Crippen LogP contribution in [0.25, 0.3) is 0 Å². The summed E-state index contributed by atoms with van der Waals surface area (Å²) < 4.78 is 0. The average Bonchev–Trinajstić information content (AvgIpc) is 2.87. The van der Waals surface area contributed by atoms with Gasteiger partial charge in [-0.2, -0.15) is 0 Å². The highest BCUT2D eigenvalue weighted by Crippen LogP contribution is 2.34. The van der Waals surface area contributed by atoms with Gasteiger partial charge in [0.25, 0.3) is 0 Å². The molecule has 0 saturated carbocycles. The molecule has 1 aromatic rings. The summed E-state index contributed by atoms with van der Waals surface area (Å²) in [4.78, 5) is 9.68. The van der Waals surface area contributed by atoms with E-state index in [2.05, 4.69) is 41.3 Å². The fourth-order valence-corrected chi connectivity index (χ4v) is 3.53. The van der Waals surface area contributed by atoms with E-state index in [4.69, 9.17) is 4.98 Å². The molecule has 92 valence electrons. The van der Waals surface area contributed by atoms with Crippen LogP contribution in [0.2, 0.25) is 0 Å². The number of rotatable bonds is 2. The first-order valence-electron chi connectivity index (χ1n) is 6.24. The third kappa shape index (κ3) is 2.04. The van der Waals surface area contributed by atoms with Gasteiger partial charge in [-0.25, -0.2) is 4.98 Å². The number of likely N-dealkylation sites (N-methyl/N-ethyl adjacent to an activating group) is 1. The van der Waals surface area contributed by atoms with Gasteiger partial charge in [0.2, 0.25) is 0 Å². The molecule has 0 aliphatic carbocycles. The molecule has 4 heteroatoms. The maximum absolute atomic E-state index is 4.73. The van der Waals surface area contributed by atoms with E-state index in [1.165, 1.54) is 31.9 Å². The van der Waals surface area contributed by atoms with Gasteiger partial charge < -0.3 is 9.80 Å². The molecule has 0 amide bonds. The highest BCUT2D eigenvalue weighted by atomic mass is 32.2. The normalized spacial score (nSPS) is 28.7. The molecule has 0 bridgehead atoms. The van der Waals surface area contributed by atoms with Gasteiger partial charge in [-0.05, 0) is 37.8 Å². The number of pyridine rings is 1. The lowest BCUT2D eigenvalue weighted by molar-refractivity contribution is 0.386. The van der Waals surface area contributed by atoms with E-state index in [0.29, 0.717) is 6.04 Å². The van der Waals surface area contributed by atoms with Crippen molar-refractivity contribution in [3.8, 4) is 0 Å². The number of hydrogen-bond donors (Lipinski definition) is 0. The second-order valence-corrected chi connectivity index (χ2v) is 5.90. The summed E-state index contributed by atoms with van der Waals surface area (Å²) in [7, 11) is 2.22. The zero-order valence-electron chi connectivity index (χ0n) is 10.5. The lowest BCUT2D eigenvalue weighted by Crippen LogP contribution is -2.35. The quantitative estimate of drug-likeness (QED) is 0.746. The van der Waals surface area contributed by atoms with Crippen LogP contribution in [0.1, 0.15) is 6.42 Å². The smallest absolute Gasteiger partial charge is 0.130 e. The molecule has 0 spiro atoms. The lowest BCUT2D eigenvalue weighted by Gasteiger charge is -2.25. The minimum absolute atomic E-state index is 0.685. The van der Waals surface area contributed by atoms with E-state index in [0.717, 1.165) is 10.9 Å². The van der Waals surface area contributed by atoms with Crippen molar-refractivity contribution in [1.82, 2.24) is 9.88 Å². The summed E-state index contributed by atoms with van der Waals surface area (Å²) in [5, 5.41) is 1.12. The second-order valence-electron chi connectivity index (χ2n) is 5.07. The minimum Gasteiger partial charge on any atom is -0.352 e. The first-order valence-corrected chi connectivity index (χ1v) is 7.46. The van der Waals surface area contributed by atoms with E-state index >= 15 is 0 Å². The minimum atomic E-state index is 0.685. The highest BCUT2D eigenvalue weighted by molar-refractivity contribution is 7.98. The summed E-state index contributed by atoms with van der Waals surface area (Å²) in [6.07, 6.45) is 3.41. The SMILES string of the molecule is CSc1cccc(N2CCC3CN(C)C[C@@H]32)n1. The van der Waals surface area contributed by atoms with Crippen molar-refractivity contribution in [2.75, 3.05) is 37.8 Å². The number of hydrogen-bond acceptors (Lipinski definition) is 4. The molecule has 3 nitrogen and oxygen atoms in total. The summed E-state index contributed by atoms with van der Waals surface area (Å²) in [5.41, 5.74) is 0. The molecule has 1 aromatic heterocycles. The fraction of sp³-hybridized carbons (Fsp3) is 0.615. The topological polar surface area (TPSA) is 19.4 Å². The van der Waals surface area contributed by atoms with Crippen molar-refractivity contribution in [3.63, 3.8) is 0 Å². The molecule has 17 heavy (non-hydrogen) atoms. The van der Waals surface area contributed by atoms with Crippen molar-refractivity contribution in [1.29, 1.82) is 0 Å². The Morgan fingerprint density at radius 2 is 2.24 bits per heavy atom. The fourth-order valence-electron chi connectivity index (χ4n) is 3.13. The molecule has 2 aliphatic rings. The zero-order valence-corrected chi connectivity index (χ0v) is 11.3. The predicted molar refractivity (Wildman–Crippen MR) is 72.8 cm³/mol. The monoisotopic (exact) mass is 249 g/mol. The van der Waals surface area contributed by atoms with Crippen LogP contribution in [0.3, 0.4) is 0 Å². The van der Waals surface area contributed by atoms with Gasteiger partial charge in [0.1, 0.15) is 5.82 Å². The van der Waals surface area contributed by atoms with Gasteiger partial charge in [0, 0.05) is 25.7 Å². The van der Waals surface area contributed by atoms with Crippen molar-refractivity contribution in [3.05, 3.63) is 18.2 Å². The molecule has 3 heterocycles. The van der Waals surface area contributed by atoms with Crippen LogP contribution in [-0.2, 0) is 0 Å². The molecule has 2 aliphatic heterocycles. The maximum atomic E-state index is 4.73. The largest absolute Gasteiger partial charge is 0.352 e. The van der Waals surface area contributed by atoms with E-state index in [-0.39, 0.29) is 0 Å². The number of fused-ring (bicyclic) bond motifs is 1. The van der Waals surface area contributed by atoms with Gasteiger partial charge in [-0.15, -0.1) is 11.8 Å². The maximum Gasteiger partial charge on any atom is 0.130 e. The predicted octanol–water partition coefficient (Wildman–Crippen LogP) is 1.94. The Labute approximate surface area is 107 Å². The van der Waals surface area contributed by atoms with Crippen LogP contribution in [0.15, 0.2) is 23.2 Å². The average molecular weight is 249 g/mol. The van der Waals surface area contributed by atoms with Crippen molar-refractivity contribution in [2.24, 2.45) is 5.92 Å². The highest BCUT2D eigenvalue weighted by Gasteiger charge is 2.40. The van der Waals surface area contributed by atoms with Crippen molar-refractivity contribution >= 4 is 17.6 Å². The first kappa shape index (κ1) is 11.4. The Kier molecular flexibility index (Phi) is 3.01. The van der Waals surface area contributed by atoms with Crippen LogP contribution >= 0.6 is 11.8 Å². The molecule has 0 N–H and O–H groups in total. The van der Waals surface area contributed by atoms with E-state index in [1.54, 1.807) is 11.8 Å². The molecule has 3 rings (SSSR count). The van der Waals surface area contributed by atoms with Crippen LogP contribution in [0.4, 0.5) is 5.82 Å². The van der Waals surface area contributed by atoms with Crippen LogP contribution < -0.4 is 4.90 Å². The van der Waals surface area contributed by atoms with E-state index in [1.807, 2.05) is 0 Å². The van der Waals surface area contributed by atoms with E-state index < -0.39 is 0 Å². The summed E-state index contributed by atoms with van der Waals surface area (Å²) in [5.74, 6) is 2.01. The summed E-state index contributed by atoms with van der Waals surface area (Å²) >= 11 is 1.72. The van der Waals surface area contributed by atoms with Crippen LogP contribution in [0, 0.1) is 5.92 Å². The molecule has 2 fully saturated rings. The van der Waals surface area contributed by atoms with Crippen LogP contribution in [0.5, 0.6) is 0 Å². The Morgan fingerprint density at radius 1 is 1.35 bits per heavy atom. The number of aromatic nitrogens is 1. The third-order valence-electron chi connectivity index (χ3n) is 3.94. The van der Waals surface area contributed by atoms with Crippen LogP contribution in [-0.4, -0.2) is 48.9 Å². The molecular weight excluding hydrogens is 230 g/mol. The number of anilines is 1. The Bertz CT molecular complexity index is 409. The summed E-state index contributed by atoms with van der Waals surface area (Å²) in [6, 6.07) is 7.05. The van der Waals surface area contributed by atoms with Gasteiger partial charge in [-0.3, -0.25) is 0 Å². The van der Waals surface area contributed by atoms with E-state index in [9.17, 15) is 0 Å². The second kappa shape index (κ2) is 4.50. The zero-order chi connectivity index (χ0) is 11.8. The van der Waals surface area contributed by atoms with Crippen molar-refractivity contribution < 1.29 is 0 Å². The molecule has 0 aromatic carbocycles. The summed E-state index contributed by atoms with van der Waals surface area (Å²) in [6.45, 7) is 3.62. The first-order chi connectivity index (χ1) is 8.28. The standard InChI is InChI=1S/C13H19N3S/c1-15-8-10-6-7-16(11(10)9-15)12-4-3-5-13(14-12)17-2/h3-5,10-11H,6-9H2,1-2H3/t10?,11-/m0/s1. The lowest BCUT2D eigenvalue weighted by atomic mass is 10.1. The van der Waals surface area contributed by atoms with Gasteiger partial charge >= 0.3 is 0 Å². The van der Waals surface area contributed by atoms with Crippen molar-refractivity contribution in [2.45, 2.75) is 17.5 Å². The molecule has 0 radical (unpaired) electrons. The molecule has 2 atom stereocenters. The Balaban J connectivity index is 1.84. The van der Waals surface area contributed by atoms with Gasteiger partial charge in [0.05, 0.1) is 5.03 Å². The molecule has 1 unspecified atom stereocenters. The van der Waals surface area contributed by atoms with Gasteiger partial charge in [-0.1, -0.05) is 6.07 Å². The van der Waals surface area contributed by atoms with Gasteiger partial charge in [0.15, 0.2) is 0 Å². The molecule has 2 saturated heterocycles. The Morgan fingerprint density at radius 3 is 3.06 bits per heavy atom. The Hall–Kier alpha value is -0.740. The number of nitrogens with zero attached hydrogens (tertiary/aromatic N) is 3.